The van der Waals surface area contributed by atoms with Gasteiger partial charge in [-0.3, -0.25) is 0 Å². The van der Waals surface area contributed by atoms with E-state index in [-0.39, 0.29) is 0 Å². The van der Waals surface area contributed by atoms with Gasteiger partial charge in [0.2, 0.25) is 0 Å². The molecule has 1 heterocycles. The van der Waals surface area contributed by atoms with Gasteiger partial charge in [0.05, 0.1) is 14.2 Å². The Kier molecular flexibility index (Phi) is 4.65. The Hall–Kier alpha value is -2.30. The predicted molar refractivity (Wildman–Crippen MR) is 90.3 cm³/mol. The first-order valence-electron chi connectivity index (χ1n) is 7.97. The number of anilines is 1. The summed E-state index contributed by atoms with van der Waals surface area (Å²) in [5.74, 6) is 2.64. The van der Waals surface area contributed by atoms with E-state index in [4.69, 9.17) is 9.47 Å². The van der Waals surface area contributed by atoms with Gasteiger partial charge in [-0.1, -0.05) is 0 Å². The molecule has 0 amide bonds. The Bertz CT molecular complexity index is 666. The van der Waals surface area contributed by atoms with Crippen LogP contribution in [0.5, 0.6) is 11.5 Å². The summed E-state index contributed by atoms with van der Waals surface area (Å²) in [5.41, 5.74) is 3.64. The van der Waals surface area contributed by atoms with E-state index in [2.05, 4.69) is 21.9 Å². The van der Waals surface area contributed by atoms with E-state index >= 15 is 0 Å². The van der Waals surface area contributed by atoms with Gasteiger partial charge in [0.1, 0.15) is 23.6 Å². The highest BCUT2D eigenvalue weighted by Crippen LogP contribution is 2.28. The monoisotopic (exact) mass is 313 g/mol. The number of hydrogen-bond donors (Lipinski definition) is 0. The highest BCUT2D eigenvalue weighted by Gasteiger charge is 2.18. The van der Waals surface area contributed by atoms with Crippen molar-refractivity contribution in [3.63, 3.8) is 0 Å². The zero-order chi connectivity index (χ0) is 16.2. The van der Waals surface area contributed by atoms with Crippen LogP contribution in [0.25, 0.3) is 0 Å². The van der Waals surface area contributed by atoms with Crippen LogP contribution < -0.4 is 14.4 Å². The molecule has 0 aliphatic heterocycles. The van der Waals surface area contributed by atoms with Crippen LogP contribution in [0.4, 0.5) is 5.82 Å². The Morgan fingerprint density at radius 1 is 1.00 bits per heavy atom. The fourth-order valence-corrected chi connectivity index (χ4v) is 3.14. The van der Waals surface area contributed by atoms with Crippen molar-refractivity contribution in [2.45, 2.75) is 32.2 Å². The first kappa shape index (κ1) is 15.6. The van der Waals surface area contributed by atoms with Crippen molar-refractivity contribution in [3.8, 4) is 11.5 Å². The molecule has 1 aromatic heterocycles. The van der Waals surface area contributed by atoms with Crippen LogP contribution in [-0.4, -0.2) is 31.2 Å². The lowest BCUT2D eigenvalue weighted by Gasteiger charge is -2.25. The van der Waals surface area contributed by atoms with Crippen LogP contribution in [0.1, 0.15) is 29.7 Å². The van der Waals surface area contributed by atoms with E-state index in [1.165, 1.54) is 24.1 Å². The summed E-state index contributed by atoms with van der Waals surface area (Å²) in [6.45, 7) is 0.747. The molecule has 0 atom stereocenters. The molecule has 5 heteroatoms. The van der Waals surface area contributed by atoms with Crippen LogP contribution in [0.2, 0.25) is 0 Å². The van der Waals surface area contributed by atoms with Crippen molar-refractivity contribution in [2.24, 2.45) is 0 Å². The standard InChI is InChI=1S/C18H23N3O2/c1-21(11-13-8-14(22-2)10-15(9-13)23-3)18-16-6-4-5-7-17(16)19-12-20-18/h8-10,12H,4-7,11H2,1-3H3. The van der Waals surface area contributed by atoms with E-state index in [1.54, 1.807) is 20.5 Å². The fraction of sp³-hybridized carbons (Fsp3) is 0.444. The molecule has 0 saturated carbocycles. The molecular formula is C18H23N3O2. The van der Waals surface area contributed by atoms with Crippen LogP contribution in [-0.2, 0) is 19.4 Å². The normalized spacial score (nSPS) is 13.3. The molecule has 0 bridgehead atoms. The molecular weight excluding hydrogens is 290 g/mol. The van der Waals surface area contributed by atoms with Gasteiger partial charge in [0.15, 0.2) is 0 Å². The lowest BCUT2D eigenvalue weighted by atomic mass is 9.96. The second kappa shape index (κ2) is 6.86. The molecule has 0 unspecified atom stereocenters. The number of aromatic nitrogens is 2. The van der Waals surface area contributed by atoms with E-state index in [0.29, 0.717) is 0 Å². The third-order valence-corrected chi connectivity index (χ3v) is 4.29. The summed E-state index contributed by atoms with van der Waals surface area (Å²) in [6, 6.07) is 5.95. The lowest BCUT2D eigenvalue weighted by Crippen LogP contribution is -2.22. The quantitative estimate of drug-likeness (QED) is 0.849. The number of methoxy groups -OCH3 is 2. The van der Waals surface area contributed by atoms with Crippen LogP contribution >= 0.6 is 0 Å². The number of aryl methyl sites for hydroxylation is 1. The average molecular weight is 313 g/mol. The van der Waals surface area contributed by atoms with E-state index in [9.17, 15) is 0 Å². The zero-order valence-corrected chi connectivity index (χ0v) is 14.0. The molecule has 1 aliphatic carbocycles. The third-order valence-electron chi connectivity index (χ3n) is 4.29. The van der Waals surface area contributed by atoms with Gasteiger partial charge in [0.25, 0.3) is 0 Å². The maximum atomic E-state index is 5.35. The first-order chi connectivity index (χ1) is 11.2. The summed E-state index contributed by atoms with van der Waals surface area (Å²) >= 11 is 0. The van der Waals surface area contributed by atoms with Crippen molar-refractivity contribution in [3.05, 3.63) is 41.3 Å². The molecule has 1 aromatic carbocycles. The number of rotatable bonds is 5. The molecule has 5 nitrogen and oxygen atoms in total. The molecule has 1 aliphatic rings. The van der Waals surface area contributed by atoms with Crippen LogP contribution in [0.15, 0.2) is 24.5 Å². The number of nitrogens with zero attached hydrogens (tertiary/aromatic N) is 3. The Labute approximate surface area is 137 Å². The predicted octanol–water partition coefficient (Wildman–Crippen LogP) is 3.01. The zero-order valence-electron chi connectivity index (χ0n) is 14.0. The SMILES string of the molecule is COc1cc(CN(C)c2ncnc3c2CCCC3)cc(OC)c1. The average Bonchev–Trinajstić information content (AvgIpc) is 2.60. The Balaban J connectivity index is 1.86. The molecule has 0 saturated heterocycles. The van der Waals surface area contributed by atoms with Crippen molar-refractivity contribution in [1.82, 2.24) is 9.97 Å². The van der Waals surface area contributed by atoms with E-state index in [0.717, 1.165) is 42.3 Å². The lowest BCUT2D eigenvalue weighted by molar-refractivity contribution is 0.393. The highest BCUT2D eigenvalue weighted by atomic mass is 16.5. The van der Waals surface area contributed by atoms with Gasteiger partial charge in [-0.15, -0.1) is 0 Å². The summed E-state index contributed by atoms with van der Waals surface area (Å²) in [4.78, 5) is 11.2. The van der Waals surface area contributed by atoms with E-state index in [1.807, 2.05) is 18.2 Å². The summed E-state index contributed by atoms with van der Waals surface area (Å²) < 4.78 is 10.7. The van der Waals surface area contributed by atoms with Gasteiger partial charge >= 0.3 is 0 Å². The van der Waals surface area contributed by atoms with Crippen LogP contribution in [0, 0.1) is 0 Å². The molecule has 0 N–H and O–H groups in total. The van der Waals surface area contributed by atoms with Gasteiger partial charge in [-0.2, -0.15) is 0 Å². The second-order valence-corrected chi connectivity index (χ2v) is 5.91. The van der Waals surface area contributed by atoms with Gasteiger partial charge in [-0.05, 0) is 43.4 Å². The van der Waals surface area contributed by atoms with Gasteiger partial charge in [0, 0.05) is 30.9 Å². The topological polar surface area (TPSA) is 47.5 Å². The maximum Gasteiger partial charge on any atom is 0.135 e. The third kappa shape index (κ3) is 3.38. The summed E-state index contributed by atoms with van der Waals surface area (Å²) in [5, 5.41) is 0. The second-order valence-electron chi connectivity index (χ2n) is 5.91. The smallest absolute Gasteiger partial charge is 0.135 e. The van der Waals surface area contributed by atoms with Gasteiger partial charge in [-0.25, -0.2) is 9.97 Å². The minimum atomic E-state index is 0.747. The largest absolute Gasteiger partial charge is 0.497 e. The maximum absolute atomic E-state index is 5.35. The number of ether oxygens (including phenoxy) is 2. The summed E-state index contributed by atoms with van der Waals surface area (Å²) in [6.07, 6.45) is 6.25. The highest BCUT2D eigenvalue weighted by molar-refractivity contribution is 5.50. The first-order valence-corrected chi connectivity index (χ1v) is 7.97. The van der Waals surface area contributed by atoms with E-state index < -0.39 is 0 Å². The van der Waals surface area contributed by atoms with Crippen LogP contribution in [0.3, 0.4) is 0 Å². The molecule has 0 fully saturated rings. The molecule has 122 valence electrons. The van der Waals surface area contributed by atoms with Crippen molar-refractivity contribution >= 4 is 5.82 Å². The molecule has 0 radical (unpaired) electrons. The minimum absolute atomic E-state index is 0.747. The van der Waals surface area contributed by atoms with Crippen molar-refractivity contribution in [2.75, 3.05) is 26.2 Å². The van der Waals surface area contributed by atoms with Crippen molar-refractivity contribution < 1.29 is 9.47 Å². The van der Waals surface area contributed by atoms with Crippen molar-refractivity contribution in [1.29, 1.82) is 0 Å². The Morgan fingerprint density at radius 2 is 1.70 bits per heavy atom. The summed E-state index contributed by atoms with van der Waals surface area (Å²) in [7, 11) is 5.41. The molecule has 0 spiro atoms. The number of hydrogen-bond acceptors (Lipinski definition) is 5. The Morgan fingerprint density at radius 3 is 2.39 bits per heavy atom. The van der Waals surface area contributed by atoms with Gasteiger partial charge < -0.3 is 14.4 Å². The fourth-order valence-electron chi connectivity index (χ4n) is 3.14. The minimum Gasteiger partial charge on any atom is -0.497 e. The molecule has 3 rings (SSSR count). The molecule has 23 heavy (non-hydrogen) atoms. The number of benzene rings is 1. The number of fused-ring (bicyclic) bond motifs is 1. The molecule has 2 aromatic rings.